The minimum absolute atomic E-state index is 0.0523. The minimum atomic E-state index is -0.155. The Balaban J connectivity index is 1.30. The fourth-order valence-corrected chi connectivity index (χ4v) is 5.76. The standard InChI is InChI=1S/C32H29N5OS/c1-22-10-2-5-16-27(22)36-20-9-17-28(36)31-30(26-14-6-7-19-33-26)35-32(39)37(31)21-18-29(38)34-25-15-8-12-23-11-3-4-13-24(23)25/h2-17,19-20,30-31H,18,21H2,1H3,(H,34,38)(H,35,39)/t30-,31+/m1/s1. The van der Waals surface area contributed by atoms with Crippen molar-refractivity contribution in [2.45, 2.75) is 25.4 Å². The summed E-state index contributed by atoms with van der Waals surface area (Å²) in [6, 6.07) is 32.2. The highest BCUT2D eigenvalue weighted by atomic mass is 32.1. The molecule has 6 nitrogen and oxygen atoms in total. The number of para-hydroxylation sites is 1. The number of carbonyl (C=O) groups excluding carboxylic acids is 1. The van der Waals surface area contributed by atoms with E-state index in [1.807, 2.05) is 66.7 Å². The second-order valence-corrected chi connectivity index (χ2v) is 10.1. The molecule has 3 aromatic carbocycles. The van der Waals surface area contributed by atoms with Crippen LogP contribution in [-0.4, -0.2) is 32.0 Å². The van der Waals surface area contributed by atoms with Gasteiger partial charge in [-0.3, -0.25) is 9.78 Å². The molecule has 1 aliphatic heterocycles. The molecule has 5 aromatic rings. The van der Waals surface area contributed by atoms with E-state index in [4.69, 9.17) is 12.2 Å². The molecule has 1 saturated heterocycles. The molecule has 0 aliphatic carbocycles. The molecule has 1 fully saturated rings. The average molecular weight is 532 g/mol. The molecule has 0 radical (unpaired) electrons. The molecule has 0 spiro atoms. The van der Waals surface area contributed by atoms with E-state index < -0.39 is 0 Å². The van der Waals surface area contributed by atoms with Gasteiger partial charge >= 0.3 is 0 Å². The van der Waals surface area contributed by atoms with Crippen molar-refractivity contribution in [3.63, 3.8) is 0 Å². The van der Waals surface area contributed by atoms with Gasteiger partial charge in [0.2, 0.25) is 5.91 Å². The van der Waals surface area contributed by atoms with Crippen LogP contribution >= 0.6 is 12.2 Å². The van der Waals surface area contributed by atoms with Crippen LogP contribution in [0.15, 0.2) is 109 Å². The Kier molecular flexibility index (Phi) is 6.82. The highest BCUT2D eigenvalue weighted by molar-refractivity contribution is 7.80. The van der Waals surface area contributed by atoms with Crippen molar-refractivity contribution in [1.29, 1.82) is 0 Å². The van der Waals surface area contributed by atoms with E-state index in [1.165, 1.54) is 5.56 Å². The van der Waals surface area contributed by atoms with Crippen LogP contribution in [0.5, 0.6) is 0 Å². The molecule has 0 bridgehead atoms. The summed E-state index contributed by atoms with van der Waals surface area (Å²) in [5.74, 6) is -0.0523. The van der Waals surface area contributed by atoms with Gasteiger partial charge in [-0.15, -0.1) is 0 Å². The van der Waals surface area contributed by atoms with Gasteiger partial charge < -0.3 is 20.1 Å². The first-order chi connectivity index (χ1) is 19.1. The smallest absolute Gasteiger partial charge is 0.226 e. The lowest BCUT2D eigenvalue weighted by molar-refractivity contribution is -0.116. The maximum atomic E-state index is 13.2. The van der Waals surface area contributed by atoms with E-state index in [0.717, 1.165) is 33.5 Å². The normalized spacial score (nSPS) is 16.8. The van der Waals surface area contributed by atoms with E-state index in [1.54, 1.807) is 6.20 Å². The molecule has 0 unspecified atom stereocenters. The number of aromatic nitrogens is 2. The van der Waals surface area contributed by atoms with Crippen LogP contribution in [0.4, 0.5) is 5.69 Å². The van der Waals surface area contributed by atoms with Crippen LogP contribution in [0, 0.1) is 6.92 Å². The summed E-state index contributed by atoms with van der Waals surface area (Å²) >= 11 is 5.85. The zero-order chi connectivity index (χ0) is 26.8. The Labute approximate surface area is 233 Å². The summed E-state index contributed by atoms with van der Waals surface area (Å²) < 4.78 is 2.22. The molecular formula is C32H29N5OS. The quantitative estimate of drug-likeness (QED) is 0.240. The van der Waals surface area contributed by atoms with Crippen LogP contribution in [0.3, 0.4) is 0 Å². The lowest BCUT2D eigenvalue weighted by Crippen LogP contribution is -2.33. The SMILES string of the molecule is Cc1ccccc1-n1cccc1[C@H]1[C@@H](c2ccccn2)NC(=S)N1CCC(=O)Nc1cccc2ccccc12. The highest BCUT2D eigenvalue weighted by Crippen LogP contribution is 2.40. The fourth-order valence-electron chi connectivity index (χ4n) is 5.43. The molecule has 7 heteroatoms. The summed E-state index contributed by atoms with van der Waals surface area (Å²) in [6.45, 7) is 2.58. The molecule has 6 rings (SSSR count). The number of rotatable bonds is 7. The molecule has 39 heavy (non-hydrogen) atoms. The molecule has 2 atom stereocenters. The third-order valence-electron chi connectivity index (χ3n) is 7.30. The Morgan fingerprint density at radius 2 is 1.74 bits per heavy atom. The van der Waals surface area contributed by atoms with Gasteiger partial charge in [0.25, 0.3) is 0 Å². The van der Waals surface area contributed by atoms with E-state index in [9.17, 15) is 4.79 Å². The highest BCUT2D eigenvalue weighted by Gasteiger charge is 2.41. The van der Waals surface area contributed by atoms with Crippen molar-refractivity contribution in [2.24, 2.45) is 0 Å². The van der Waals surface area contributed by atoms with Crippen molar-refractivity contribution in [3.05, 3.63) is 126 Å². The van der Waals surface area contributed by atoms with Crippen LogP contribution in [0.1, 0.15) is 35.5 Å². The maximum absolute atomic E-state index is 13.2. The fraction of sp³-hybridized carbons (Fsp3) is 0.156. The summed E-state index contributed by atoms with van der Waals surface area (Å²) in [7, 11) is 0. The second-order valence-electron chi connectivity index (χ2n) is 9.73. The Morgan fingerprint density at radius 1 is 0.949 bits per heavy atom. The number of fused-ring (bicyclic) bond motifs is 1. The number of benzene rings is 3. The average Bonchev–Trinajstić information content (AvgIpc) is 3.57. The van der Waals surface area contributed by atoms with Crippen LogP contribution < -0.4 is 10.6 Å². The first kappa shape index (κ1) is 24.8. The molecule has 1 amide bonds. The van der Waals surface area contributed by atoms with Crippen LogP contribution in [-0.2, 0) is 4.79 Å². The predicted octanol–water partition coefficient (Wildman–Crippen LogP) is 6.34. The molecule has 2 N–H and O–H groups in total. The number of amides is 1. The Hall–Kier alpha value is -4.49. The van der Waals surface area contributed by atoms with Crippen molar-refractivity contribution >= 4 is 39.7 Å². The molecule has 194 valence electrons. The van der Waals surface area contributed by atoms with Gasteiger partial charge in [0.05, 0.1) is 17.8 Å². The van der Waals surface area contributed by atoms with Crippen LogP contribution in [0.2, 0.25) is 0 Å². The number of hydrogen-bond donors (Lipinski definition) is 2. The number of anilines is 1. The van der Waals surface area contributed by atoms with E-state index in [2.05, 4.69) is 68.5 Å². The van der Waals surface area contributed by atoms with Gasteiger partial charge in [0.15, 0.2) is 5.11 Å². The Bertz CT molecular complexity index is 1640. The van der Waals surface area contributed by atoms with Crippen molar-refractivity contribution in [2.75, 3.05) is 11.9 Å². The first-order valence-electron chi connectivity index (χ1n) is 13.1. The number of carbonyl (C=O) groups is 1. The number of thiocarbonyl (C=S) groups is 1. The van der Waals surface area contributed by atoms with Gasteiger partial charge in [-0.2, -0.15) is 0 Å². The molecule has 3 heterocycles. The molecular weight excluding hydrogens is 502 g/mol. The van der Waals surface area contributed by atoms with E-state index >= 15 is 0 Å². The lowest BCUT2D eigenvalue weighted by Gasteiger charge is -2.29. The molecule has 0 saturated carbocycles. The van der Waals surface area contributed by atoms with Crippen molar-refractivity contribution < 1.29 is 4.79 Å². The maximum Gasteiger partial charge on any atom is 0.226 e. The number of nitrogens with zero attached hydrogens (tertiary/aromatic N) is 3. The minimum Gasteiger partial charge on any atom is -0.352 e. The van der Waals surface area contributed by atoms with E-state index in [0.29, 0.717) is 18.1 Å². The second kappa shape index (κ2) is 10.7. The number of aryl methyl sites for hydroxylation is 1. The first-order valence-corrected chi connectivity index (χ1v) is 13.5. The number of hydrogen-bond acceptors (Lipinski definition) is 3. The van der Waals surface area contributed by atoms with Crippen LogP contribution in [0.25, 0.3) is 16.5 Å². The predicted molar refractivity (Wildman–Crippen MR) is 160 cm³/mol. The largest absolute Gasteiger partial charge is 0.352 e. The Morgan fingerprint density at radius 3 is 2.59 bits per heavy atom. The van der Waals surface area contributed by atoms with Gasteiger partial charge in [0.1, 0.15) is 0 Å². The molecule has 1 aliphatic rings. The van der Waals surface area contributed by atoms with Crippen molar-refractivity contribution in [1.82, 2.24) is 19.8 Å². The zero-order valence-corrected chi connectivity index (χ0v) is 22.4. The third kappa shape index (κ3) is 4.89. The van der Waals surface area contributed by atoms with Gasteiger partial charge in [-0.25, -0.2) is 0 Å². The third-order valence-corrected chi connectivity index (χ3v) is 7.65. The summed E-state index contributed by atoms with van der Waals surface area (Å²) in [5, 5.41) is 9.35. The summed E-state index contributed by atoms with van der Waals surface area (Å²) in [6.07, 6.45) is 4.18. The summed E-state index contributed by atoms with van der Waals surface area (Å²) in [5.41, 5.74) is 5.10. The summed E-state index contributed by atoms with van der Waals surface area (Å²) in [4.78, 5) is 20.0. The number of pyridine rings is 1. The molecule has 2 aromatic heterocycles. The topological polar surface area (TPSA) is 62.2 Å². The van der Waals surface area contributed by atoms with Gasteiger partial charge in [0, 0.05) is 47.8 Å². The van der Waals surface area contributed by atoms with E-state index in [-0.39, 0.29) is 18.0 Å². The monoisotopic (exact) mass is 531 g/mol. The van der Waals surface area contributed by atoms with Gasteiger partial charge in [-0.1, -0.05) is 60.7 Å². The zero-order valence-electron chi connectivity index (χ0n) is 21.6. The lowest BCUT2D eigenvalue weighted by atomic mass is 10.0. The number of nitrogens with one attached hydrogen (secondary N) is 2. The van der Waals surface area contributed by atoms with Crippen molar-refractivity contribution in [3.8, 4) is 5.69 Å². The van der Waals surface area contributed by atoms with Gasteiger partial charge in [-0.05, 0) is 66.5 Å².